The summed E-state index contributed by atoms with van der Waals surface area (Å²) in [7, 11) is 0. The molecule has 0 bridgehead atoms. The lowest BCUT2D eigenvalue weighted by atomic mass is 10.1. The number of aliphatic hydroxyl groups is 1. The Labute approximate surface area is 122 Å². The number of aliphatic hydroxyl groups excluding tert-OH is 1. The fourth-order valence-corrected chi connectivity index (χ4v) is 3.37. The number of hydrogen-bond acceptors (Lipinski definition) is 5. The molecular formula is C15H18N2O2S. The van der Waals surface area contributed by atoms with Crippen LogP contribution >= 0.6 is 11.3 Å². The topological polar surface area (TPSA) is 45.6 Å². The molecule has 0 aliphatic carbocycles. The standard InChI is InChI=1S/C15H18N2O2S/c1-11-9-17(7-8-19-11)15-16-14(13(10-18)20-15)12-5-3-2-4-6-12/h2-6,11,18H,7-10H2,1H3/t11-/m1/s1. The van der Waals surface area contributed by atoms with Crippen molar-refractivity contribution in [3.05, 3.63) is 35.2 Å². The minimum absolute atomic E-state index is 0.0296. The largest absolute Gasteiger partial charge is 0.391 e. The molecule has 0 unspecified atom stereocenters. The Morgan fingerprint density at radius 3 is 2.90 bits per heavy atom. The zero-order valence-corrected chi connectivity index (χ0v) is 12.3. The number of benzene rings is 1. The molecule has 1 aromatic heterocycles. The number of nitrogens with zero attached hydrogens (tertiary/aromatic N) is 2. The molecule has 1 atom stereocenters. The van der Waals surface area contributed by atoms with Crippen molar-refractivity contribution < 1.29 is 9.84 Å². The van der Waals surface area contributed by atoms with Crippen molar-refractivity contribution in [2.75, 3.05) is 24.6 Å². The molecule has 0 spiro atoms. The third kappa shape index (κ3) is 2.70. The molecule has 20 heavy (non-hydrogen) atoms. The summed E-state index contributed by atoms with van der Waals surface area (Å²) in [4.78, 5) is 7.90. The number of aromatic nitrogens is 1. The first-order valence-electron chi connectivity index (χ1n) is 6.80. The molecule has 5 heteroatoms. The number of ether oxygens (including phenoxy) is 1. The van der Waals surface area contributed by atoms with Crippen molar-refractivity contribution in [2.24, 2.45) is 0 Å². The molecule has 3 rings (SSSR count). The van der Waals surface area contributed by atoms with Crippen LogP contribution in [-0.2, 0) is 11.3 Å². The van der Waals surface area contributed by atoms with Gasteiger partial charge >= 0.3 is 0 Å². The summed E-state index contributed by atoms with van der Waals surface area (Å²) in [5, 5.41) is 10.5. The van der Waals surface area contributed by atoms with Gasteiger partial charge in [0.05, 0.1) is 29.9 Å². The Bertz CT molecular complexity index is 571. The Balaban J connectivity index is 1.92. The van der Waals surface area contributed by atoms with E-state index in [0.29, 0.717) is 0 Å². The van der Waals surface area contributed by atoms with Gasteiger partial charge in [-0.05, 0) is 6.92 Å². The number of hydrogen-bond donors (Lipinski definition) is 1. The van der Waals surface area contributed by atoms with Gasteiger partial charge in [0.1, 0.15) is 0 Å². The molecule has 2 aromatic rings. The summed E-state index contributed by atoms with van der Waals surface area (Å²) >= 11 is 1.57. The lowest BCUT2D eigenvalue weighted by molar-refractivity contribution is 0.0532. The van der Waals surface area contributed by atoms with Gasteiger partial charge in [0.2, 0.25) is 0 Å². The van der Waals surface area contributed by atoms with Crippen molar-refractivity contribution in [1.82, 2.24) is 4.98 Å². The van der Waals surface area contributed by atoms with Gasteiger partial charge < -0.3 is 14.7 Å². The lowest BCUT2D eigenvalue weighted by Crippen LogP contribution is -2.41. The average Bonchev–Trinajstić information content (AvgIpc) is 2.92. The first-order chi connectivity index (χ1) is 9.78. The smallest absolute Gasteiger partial charge is 0.186 e. The van der Waals surface area contributed by atoms with Gasteiger partial charge in [0.25, 0.3) is 0 Å². The molecule has 1 fully saturated rings. The third-order valence-electron chi connectivity index (χ3n) is 3.39. The fourth-order valence-electron chi connectivity index (χ4n) is 2.40. The maximum absolute atomic E-state index is 9.57. The maximum Gasteiger partial charge on any atom is 0.186 e. The highest BCUT2D eigenvalue weighted by Crippen LogP contribution is 2.33. The number of morpholine rings is 1. The normalized spacial score (nSPS) is 19.3. The van der Waals surface area contributed by atoms with Crippen LogP contribution in [0.5, 0.6) is 0 Å². The van der Waals surface area contributed by atoms with Crippen molar-refractivity contribution in [3.63, 3.8) is 0 Å². The monoisotopic (exact) mass is 290 g/mol. The van der Waals surface area contributed by atoms with Crippen molar-refractivity contribution >= 4 is 16.5 Å². The van der Waals surface area contributed by atoms with E-state index in [1.807, 2.05) is 30.3 Å². The number of thiazole rings is 1. The van der Waals surface area contributed by atoms with Gasteiger partial charge in [-0.1, -0.05) is 41.7 Å². The molecule has 2 heterocycles. The van der Waals surface area contributed by atoms with Crippen LogP contribution in [0, 0.1) is 0 Å². The van der Waals surface area contributed by atoms with E-state index in [1.54, 1.807) is 11.3 Å². The zero-order chi connectivity index (χ0) is 13.9. The zero-order valence-electron chi connectivity index (χ0n) is 11.5. The molecule has 1 saturated heterocycles. The minimum atomic E-state index is 0.0296. The van der Waals surface area contributed by atoms with E-state index in [9.17, 15) is 5.11 Å². The Kier molecular flexibility index (Phi) is 4.00. The van der Waals surface area contributed by atoms with E-state index >= 15 is 0 Å². The molecule has 0 radical (unpaired) electrons. The molecule has 1 N–H and O–H groups in total. The highest BCUT2D eigenvalue weighted by Gasteiger charge is 2.21. The van der Waals surface area contributed by atoms with Crippen LogP contribution in [0.15, 0.2) is 30.3 Å². The van der Waals surface area contributed by atoms with Crippen molar-refractivity contribution in [2.45, 2.75) is 19.6 Å². The molecule has 1 aliphatic rings. The van der Waals surface area contributed by atoms with Crippen molar-refractivity contribution in [1.29, 1.82) is 0 Å². The summed E-state index contributed by atoms with van der Waals surface area (Å²) in [5.74, 6) is 0. The third-order valence-corrected chi connectivity index (χ3v) is 4.49. The van der Waals surface area contributed by atoms with Gasteiger partial charge in [0.15, 0.2) is 5.13 Å². The Morgan fingerprint density at radius 1 is 1.40 bits per heavy atom. The summed E-state index contributed by atoms with van der Waals surface area (Å²) < 4.78 is 5.56. The first kappa shape index (κ1) is 13.5. The Hall–Kier alpha value is -1.43. The van der Waals surface area contributed by atoms with Crippen LogP contribution in [-0.4, -0.2) is 35.9 Å². The van der Waals surface area contributed by atoms with Crippen molar-refractivity contribution in [3.8, 4) is 11.3 Å². The molecule has 0 amide bonds. The lowest BCUT2D eigenvalue weighted by Gasteiger charge is -2.30. The molecule has 106 valence electrons. The second-order valence-electron chi connectivity index (χ2n) is 4.92. The van der Waals surface area contributed by atoms with Crippen LogP contribution in [0.4, 0.5) is 5.13 Å². The van der Waals surface area contributed by atoms with Crippen LogP contribution in [0.2, 0.25) is 0 Å². The first-order valence-corrected chi connectivity index (χ1v) is 7.62. The van der Waals surface area contributed by atoms with Gasteiger partial charge in [-0.2, -0.15) is 0 Å². The van der Waals surface area contributed by atoms with Crippen LogP contribution in [0.25, 0.3) is 11.3 Å². The van der Waals surface area contributed by atoms with E-state index in [1.165, 1.54) is 0 Å². The molecule has 1 aromatic carbocycles. The highest BCUT2D eigenvalue weighted by molar-refractivity contribution is 7.16. The van der Waals surface area contributed by atoms with E-state index in [-0.39, 0.29) is 12.7 Å². The number of rotatable bonds is 3. The highest BCUT2D eigenvalue weighted by atomic mass is 32.1. The average molecular weight is 290 g/mol. The van der Waals surface area contributed by atoms with Crippen LogP contribution < -0.4 is 4.90 Å². The van der Waals surface area contributed by atoms with E-state index in [0.717, 1.165) is 41.0 Å². The van der Waals surface area contributed by atoms with Gasteiger partial charge in [-0.15, -0.1) is 0 Å². The summed E-state index contributed by atoms with van der Waals surface area (Å²) in [6.07, 6.45) is 0.227. The van der Waals surface area contributed by atoms with E-state index < -0.39 is 0 Å². The molecule has 4 nitrogen and oxygen atoms in total. The van der Waals surface area contributed by atoms with Crippen LogP contribution in [0.1, 0.15) is 11.8 Å². The fraction of sp³-hybridized carbons (Fsp3) is 0.400. The minimum Gasteiger partial charge on any atom is -0.391 e. The predicted molar refractivity (Wildman–Crippen MR) is 81.1 cm³/mol. The molecule has 0 saturated carbocycles. The molecular weight excluding hydrogens is 272 g/mol. The predicted octanol–water partition coefficient (Wildman–Crippen LogP) is 2.53. The van der Waals surface area contributed by atoms with Gasteiger partial charge in [-0.25, -0.2) is 4.98 Å². The summed E-state index contributed by atoms with van der Waals surface area (Å²) in [6.45, 7) is 4.55. The molecule has 1 aliphatic heterocycles. The second kappa shape index (κ2) is 5.91. The Morgan fingerprint density at radius 2 is 2.20 bits per heavy atom. The SMILES string of the molecule is C[C@@H]1CN(c2nc(-c3ccccc3)c(CO)s2)CCO1. The quantitative estimate of drug-likeness (QED) is 0.943. The summed E-state index contributed by atoms with van der Waals surface area (Å²) in [6, 6.07) is 10.0. The van der Waals surface area contributed by atoms with E-state index in [2.05, 4.69) is 11.8 Å². The van der Waals surface area contributed by atoms with E-state index in [4.69, 9.17) is 9.72 Å². The number of anilines is 1. The summed E-state index contributed by atoms with van der Waals surface area (Å²) in [5.41, 5.74) is 1.95. The van der Waals surface area contributed by atoms with Gasteiger partial charge in [0, 0.05) is 18.7 Å². The second-order valence-corrected chi connectivity index (χ2v) is 5.98. The van der Waals surface area contributed by atoms with Gasteiger partial charge in [-0.3, -0.25) is 0 Å². The maximum atomic E-state index is 9.57. The van der Waals surface area contributed by atoms with Crippen LogP contribution in [0.3, 0.4) is 0 Å².